The Balaban J connectivity index is 1.97. The molecule has 4 rings (SSSR count). The summed E-state index contributed by atoms with van der Waals surface area (Å²) in [5.74, 6) is 0.663. The van der Waals surface area contributed by atoms with Crippen molar-refractivity contribution >= 4 is 11.2 Å². The molecule has 1 N–H and O–H groups in total. The molecule has 0 fully saturated rings. The van der Waals surface area contributed by atoms with Crippen LogP contribution in [0.5, 0.6) is 11.8 Å². The number of para-hydroxylation sites is 1. The smallest absolute Gasteiger partial charge is 0.332 e. The zero-order valence-electron chi connectivity index (χ0n) is 19.8. The molecule has 34 heavy (non-hydrogen) atoms. The maximum absolute atomic E-state index is 13.5. The van der Waals surface area contributed by atoms with Crippen LogP contribution in [0.25, 0.3) is 11.2 Å². The van der Waals surface area contributed by atoms with Crippen molar-refractivity contribution in [3.05, 3.63) is 86.1 Å². The summed E-state index contributed by atoms with van der Waals surface area (Å²) >= 11 is 0. The quantitative estimate of drug-likeness (QED) is 0.411. The lowest BCUT2D eigenvalue weighted by Crippen LogP contribution is -2.40. The van der Waals surface area contributed by atoms with Gasteiger partial charge in [-0.2, -0.15) is 4.98 Å². The van der Waals surface area contributed by atoms with Crippen LogP contribution in [0, 0.1) is 6.92 Å². The summed E-state index contributed by atoms with van der Waals surface area (Å²) in [5, 5.41) is 9.28. The Morgan fingerprint density at radius 2 is 1.71 bits per heavy atom. The highest BCUT2D eigenvalue weighted by molar-refractivity contribution is 5.72. The Morgan fingerprint density at radius 1 is 0.971 bits per heavy atom. The Morgan fingerprint density at radius 3 is 2.38 bits per heavy atom. The molecule has 0 aliphatic heterocycles. The van der Waals surface area contributed by atoms with Crippen LogP contribution in [-0.2, 0) is 26.1 Å². The van der Waals surface area contributed by atoms with Crippen LogP contribution in [0.1, 0.15) is 37.0 Å². The van der Waals surface area contributed by atoms with Gasteiger partial charge in [-0.1, -0.05) is 55.0 Å². The van der Waals surface area contributed by atoms with Gasteiger partial charge >= 0.3 is 11.7 Å². The van der Waals surface area contributed by atoms with E-state index in [9.17, 15) is 14.7 Å². The minimum absolute atomic E-state index is 0.110. The summed E-state index contributed by atoms with van der Waals surface area (Å²) in [6.45, 7) is 6.64. The number of ether oxygens (including phenoxy) is 1. The second kappa shape index (κ2) is 10.1. The van der Waals surface area contributed by atoms with E-state index in [2.05, 4.69) is 4.98 Å². The van der Waals surface area contributed by atoms with Gasteiger partial charge < -0.3 is 9.84 Å². The Labute approximate surface area is 197 Å². The van der Waals surface area contributed by atoms with Crippen molar-refractivity contribution in [1.82, 2.24) is 18.7 Å². The SMILES string of the molecule is CCc1ccccc1Oc1nc2c(c(=O)n(CCCO)c(=O)n2CC)n1Cc1ccc(C)cc1. The third-order valence-corrected chi connectivity index (χ3v) is 5.95. The molecule has 2 aromatic carbocycles. The number of rotatable bonds is 9. The minimum atomic E-state index is -0.436. The zero-order chi connectivity index (χ0) is 24.2. The number of benzene rings is 2. The highest BCUT2D eigenvalue weighted by atomic mass is 16.5. The highest BCUT2D eigenvalue weighted by Gasteiger charge is 2.23. The summed E-state index contributed by atoms with van der Waals surface area (Å²) in [5.41, 5.74) is 2.88. The number of aryl methyl sites for hydroxylation is 3. The van der Waals surface area contributed by atoms with E-state index in [1.807, 2.05) is 69.3 Å². The summed E-state index contributed by atoms with van der Waals surface area (Å²) in [7, 11) is 0. The first-order valence-corrected chi connectivity index (χ1v) is 11.6. The molecule has 0 saturated heterocycles. The Bertz CT molecular complexity index is 1410. The van der Waals surface area contributed by atoms with Gasteiger partial charge in [-0.3, -0.25) is 18.5 Å². The fourth-order valence-electron chi connectivity index (χ4n) is 4.08. The average molecular weight is 463 g/mol. The van der Waals surface area contributed by atoms with E-state index in [1.165, 1.54) is 9.13 Å². The van der Waals surface area contributed by atoms with Crippen LogP contribution in [-0.4, -0.2) is 30.4 Å². The van der Waals surface area contributed by atoms with Gasteiger partial charge in [0.2, 0.25) is 0 Å². The third kappa shape index (κ3) is 4.41. The molecule has 0 unspecified atom stereocenters. The molecule has 0 saturated carbocycles. The van der Waals surface area contributed by atoms with Gasteiger partial charge in [-0.15, -0.1) is 0 Å². The van der Waals surface area contributed by atoms with Crippen LogP contribution in [0.3, 0.4) is 0 Å². The van der Waals surface area contributed by atoms with Gasteiger partial charge in [-0.05, 0) is 43.9 Å². The van der Waals surface area contributed by atoms with Gasteiger partial charge in [0.25, 0.3) is 5.56 Å². The average Bonchev–Trinajstić information content (AvgIpc) is 3.18. The minimum Gasteiger partial charge on any atom is -0.425 e. The normalized spacial score (nSPS) is 11.3. The van der Waals surface area contributed by atoms with Crippen LogP contribution >= 0.6 is 0 Å². The first-order chi connectivity index (χ1) is 16.5. The Hall–Kier alpha value is -3.65. The number of imidazole rings is 1. The lowest BCUT2D eigenvalue weighted by atomic mass is 10.1. The standard InChI is InChI=1S/C26H30N4O4/c1-4-20-9-6-7-10-21(20)34-25-27-23-22(30(25)17-19-13-11-18(3)12-14-19)24(32)29(15-8-16-31)26(33)28(23)5-2/h6-7,9-14,31H,4-5,8,15-17H2,1-3H3. The molecule has 0 atom stereocenters. The van der Waals surface area contributed by atoms with Gasteiger partial charge in [0.1, 0.15) is 5.75 Å². The molecule has 0 amide bonds. The molecular formula is C26H30N4O4. The first kappa shape index (κ1) is 23.5. The number of hydrogen-bond acceptors (Lipinski definition) is 5. The van der Waals surface area contributed by atoms with E-state index in [0.29, 0.717) is 36.4 Å². The number of aromatic nitrogens is 4. The van der Waals surface area contributed by atoms with Crippen LogP contribution in [0.15, 0.2) is 58.1 Å². The molecule has 8 heteroatoms. The van der Waals surface area contributed by atoms with Crippen molar-refractivity contribution in [2.24, 2.45) is 0 Å². The van der Waals surface area contributed by atoms with Crippen molar-refractivity contribution in [3.63, 3.8) is 0 Å². The fourth-order valence-corrected chi connectivity index (χ4v) is 4.08. The predicted molar refractivity (Wildman–Crippen MR) is 132 cm³/mol. The second-order valence-electron chi connectivity index (χ2n) is 8.26. The molecule has 4 aromatic rings. The molecule has 0 bridgehead atoms. The van der Waals surface area contributed by atoms with Gasteiger partial charge in [-0.25, -0.2) is 4.79 Å². The summed E-state index contributed by atoms with van der Waals surface area (Å²) in [6.07, 6.45) is 1.09. The molecule has 178 valence electrons. The molecule has 0 aliphatic carbocycles. The third-order valence-electron chi connectivity index (χ3n) is 5.95. The summed E-state index contributed by atoms with van der Waals surface area (Å²) < 4.78 is 10.7. The maximum Gasteiger partial charge on any atom is 0.332 e. The molecule has 0 radical (unpaired) electrons. The van der Waals surface area contributed by atoms with E-state index in [4.69, 9.17) is 4.74 Å². The van der Waals surface area contributed by atoms with Gasteiger partial charge in [0, 0.05) is 19.7 Å². The van der Waals surface area contributed by atoms with Crippen molar-refractivity contribution in [2.75, 3.05) is 6.61 Å². The van der Waals surface area contributed by atoms with E-state index < -0.39 is 11.2 Å². The topological polar surface area (TPSA) is 91.3 Å². The molecule has 2 heterocycles. The zero-order valence-corrected chi connectivity index (χ0v) is 19.8. The maximum atomic E-state index is 13.5. The lowest BCUT2D eigenvalue weighted by Gasteiger charge is -2.13. The molecular weight excluding hydrogens is 432 g/mol. The molecule has 8 nitrogen and oxygen atoms in total. The van der Waals surface area contributed by atoms with E-state index in [-0.39, 0.29) is 19.2 Å². The number of fused-ring (bicyclic) bond motifs is 1. The number of aliphatic hydroxyl groups is 1. The van der Waals surface area contributed by atoms with E-state index >= 15 is 0 Å². The second-order valence-corrected chi connectivity index (χ2v) is 8.26. The van der Waals surface area contributed by atoms with Crippen LogP contribution < -0.4 is 16.0 Å². The van der Waals surface area contributed by atoms with Crippen molar-refractivity contribution in [1.29, 1.82) is 0 Å². The lowest BCUT2D eigenvalue weighted by molar-refractivity contribution is 0.277. The van der Waals surface area contributed by atoms with Crippen LogP contribution in [0.2, 0.25) is 0 Å². The van der Waals surface area contributed by atoms with Crippen molar-refractivity contribution in [3.8, 4) is 11.8 Å². The molecule has 0 aliphatic rings. The summed E-state index contributed by atoms with van der Waals surface area (Å²) in [4.78, 5) is 31.3. The number of hydrogen-bond donors (Lipinski definition) is 1. The highest BCUT2D eigenvalue weighted by Crippen LogP contribution is 2.28. The van der Waals surface area contributed by atoms with Gasteiger partial charge in [0.05, 0.1) is 6.54 Å². The largest absolute Gasteiger partial charge is 0.425 e. The van der Waals surface area contributed by atoms with E-state index in [1.54, 1.807) is 4.57 Å². The fraction of sp³-hybridized carbons (Fsp3) is 0.346. The van der Waals surface area contributed by atoms with Crippen LogP contribution in [0.4, 0.5) is 0 Å². The van der Waals surface area contributed by atoms with Crippen molar-refractivity contribution < 1.29 is 9.84 Å². The summed E-state index contributed by atoms with van der Waals surface area (Å²) in [6, 6.07) is 16.0. The molecule has 0 spiro atoms. The van der Waals surface area contributed by atoms with Crippen molar-refractivity contribution in [2.45, 2.75) is 53.2 Å². The number of nitrogens with zero attached hydrogens (tertiary/aromatic N) is 4. The first-order valence-electron chi connectivity index (χ1n) is 11.6. The monoisotopic (exact) mass is 462 g/mol. The number of aliphatic hydroxyl groups excluding tert-OH is 1. The Kier molecular flexibility index (Phi) is 6.98. The predicted octanol–water partition coefficient (Wildman–Crippen LogP) is 3.47. The molecule has 2 aromatic heterocycles. The van der Waals surface area contributed by atoms with Gasteiger partial charge in [0.15, 0.2) is 11.2 Å². The van der Waals surface area contributed by atoms with E-state index in [0.717, 1.165) is 23.1 Å².